The number of hydrogen-bond acceptors (Lipinski definition) is 7. The van der Waals surface area contributed by atoms with Gasteiger partial charge in [0.15, 0.2) is 12.2 Å². The van der Waals surface area contributed by atoms with E-state index < -0.39 is 11.8 Å². The van der Waals surface area contributed by atoms with Crippen LogP contribution in [-0.4, -0.2) is 132 Å². The molecule has 6 aromatic rings. The van der Waals surface area contributed by atoms with Crippen LogP contribution in [0.4, 0.5) is 20.2 Å². The van der Waals surface area contributed by atoms with Gasteiger partial charge in [-0.15, -0.1) is 9.20 Å². The third-order valence-electron chi connectivity index (χ3n) is 16.4. The molecular formula is C54H63F2N10O2+. The third kappa shape index (κ3) is 7.90. The number of benzene rings is 2. The highest BCUT2D eigenvalue weighted by molar-refractivity contribution is 5.84. The largest absolute Gasteiger partial charge is 0.366 e. The van der Waals surface area contributed by atoms with Crippen LogP contribution in [0.5, 0.6) is 0 Å². The van der Waals surface area contributed by atoms with Crippen LogP contribution in [0.25, 0.3) is 33.3 Å². The van der Waals surface area contributed by atoms with Crippen molar-refractivity contribution in [2.45, 2.75) is 69.2 Å². The molecule has 14 heteroatoms. The Bertz CT molecular complexity index is 2820. The summed E-state index contributed by atoms with van der Waals surface area (Å²) in [5.74, 6) is 0.514. The van der Waals surface area contributed by atoms with E-state index in [4.69, 9.17) is 0 Å². The van der Waals surface area contributed by atoms with E-state index in [1.54, 1.807) is 0 Å². The lowest BCUT2D eigenvalue weighted by Crippen LogP contribution is -2.59. The third-order valence-corrected chi connectivity index (χ3v) is 16.4. The first-order chi connectivity index (χ1) is 33.2. The molecule has 5 unspecified atom stereocenters. The minimum atomic E-state index is -1.33. The van der Waals surface area contributed by atoms with Crippen molar-refractivity contribution in [1.82, 2.24) is 34.1 Å². The maximum Gasteiger partial charge on any atom is 0.232 e. The van der Waals surface area contributed by atoms with Crippen molar-refractivity contribution in [2.24, 2.45) is 11.8 Å². The standard InChI is InChI=1S/C54H63F2N10O2/c1-2-59-34-45(46(55)35-59)39-6-4-37(5-7-39)42-31-51-49(61-22-26-62(27-23-61)52(67)40-8-9-40)17-21-65(66(51)33-42)47-15-14-44(47)53(68)63-28-24-60(25-29-63)48-16-20-58-64-32-41(30-50(48)64)38-10-12-43(13-11-38)54(56)18-3-19-57-36-54/h4-7,10-13,16-17,20-21,30-33,40,44-47,57H,2-3,8-9,14-15,18-19,22-29,34-36H2,1H3/q+1. The first kappa shape index (κ1) is 43.4. The molecule has 4 aromatic heterocycles. The van der Waals surface area contributed by atoms with Gasteiger partial charge in [0, 0.05) is 120 Å². The summed E-state index contributed by atoms with van der Waals surface area (Å²) in [6.45, 7) is 11.1. The highest BCUT2D eigenvalue weighted by Gasteiger charge is 2.47. The van der Waals surface area contributed by atoms with Crippen molar-refractivity contribution < 1.29 is 23.1 Å². The Balaban J connectivity index is 0.760. The molecule has 354 valence electrons. The fourth-order valence-corrected chi connectivity index (χ4v) is 11.9. The Morgan fingerprint density at radius 2 is 1.41 bits per heavy atom. The second-order valence-electron chi connectivity index (χ2n) is 20.4. The molecule has 0 radical (unpaired) electrons. The zero-order valence-corrected chi connectivity index (χ0v) is 39.2. The van der Waals surface area contributed by atoms with E-state index in [0.717, 1.165) is 147 Å². The number of piperazine rings is 2. The van der Waals surface area contributed by atoms with Gasteiger partial charge in [0.2, 0.25) is 11.8 Å². The van der Waals surface area contributed by atoms with Crippen molar-refractivity contribution in [1.29, 1.82) is 0 Å². The van der Waals surface area contributed by atoms with Gasteiger partial charge < -0.3 is 24.9 Å². The lowest BCUT2D eigenvalue weighted by Gasteiger charge is -2.40. The summed E-state index contributed by atoms with van der Waals surface area (Å²) in [5, 5.41) is 7.85. The minimum absolute atomic E-state index is 0.0147. The Kier molecular flexibility index (Phi) is 11.2. The van der Waals surface area contributed by atoms with E-state index in [1.165, 1.54) is 0 Å². The van der Waals surface area contributed by atoms with Crippen LogP contribution in [0.2, 0.25) is 0 Å². The van der Waals surface area contributed by atoms with E-state index in [-0.39, 0.29) is 29.7 Å². The van der Waals surface area contributed by atoms with Gasteiger partial charge in [-0.2, -0.15) is 5.10 Å². The van der Waals surface area contributed by atoms with Crippen LogP contribution in [0.3, 0.4) is 0 Å². The highest BCUT2D eigenvalue weighted by Crippen LogP contribution is 2.40. The SMILES string of the molecule is CCN1CC(F)C(c2ccc(-c3cc4c(N5CCN(C(=O)C6CC6)CC5)cc[n+](C5CCC5C(=O)N5CCN(c6ccnn7cc(-c8ccc(C9(F)CCCNC9)cc8)cc67)CC5)n4c3)cc2)C1. The van der Waals surface area contributed by atoms with Gasteiger partial charge in [0.05, 0.1) is 23.1 Å². The quantitative estimate of drug-likeness (QED) is 0.150. The average molecular weight is 922 g/mol. The number of piperidine rings is 1. The summed E-state index contributed by atoms with van der Waals surface area (Å²) in [4.78, 5) is 38.5. The average Bonchev–Trinajstić information content (AvgIpc) is 3.77. The molecule has 0 bridgehead atoms. The van der Waals surface area contributed by atoms with Crippen molar-refractivity contribution in [3.63, 3.8) is 0 Å². The van der Waals surface area contributed by atoms with Crippen LogP contribution in [-0.2, 0) is 15.3 Å². The molecule has 4 aliphatic heterocycles. The summed E-state index contributed by atoms with van der Waals surface area (Å²) in [6, 6.07) is 25.1. The van der Waals surface area contributed by atoms with Crippen molar-refractivity contribution in [2.75, 3.05) is 94.9 Å². The first-order valence-electron chi connectivity index (χ1n) is 25.3. The number of nitrogens with zero attached hydrogens (tertiary/aromatic N) is 9. The van der Waals surface area contributed by atoms with Crippen LogP contribution < -0.4 is 19.8 Å². The topological polar surface area (TPSA) is 88.0 Å². The smallest absolute Gasteiger partial charge is 0.232 e. The molecule has 6 aliphatic rings. The molecule has 2 saturated carbocycles. The van der Waals surface area contributed by atoms with Crippen LogP contribution in [0, 0.1) is 11.8 Å². The fraction of sp³-hybridized carbons (Fsp3) is 0.481. The Morgan fingerprint density at radius 3 is 2.04 bits per heavy atom. The highest BCUT2D eigenvalue weighted by atomic mass is 19.1. The maximum atomic E-state index is 15.7. The van der Waals surface area contributed by atoms with Gasteiger partial charge in [-0.3, -0.25) is 14.5 Å². The van der Waals surface area contributed by atoms with Crippen molar-refractivity contribution in [3.8, 4) is 22.3 Å². The van der Waals surface area contributed by atoms with E-state index >= 15 is 8.78 Å². The predicted octanol–water partition coefficient (Wildman–Crippen LogP) is 6.87. The number of hydrogen-bond donors (Lipinski definition) is 1. The first-order valence-corrected chi connectivity index (χ1v) is 25.3. The van der Waals surface area contributed by atoms with Crippen molar-refractivity contribution in [3.05, 3.63) is 109 Å². The molecule has 2 aliphatic carbocycles. The number of alkyl halides is 2. The zero-order chi connectivity index (χ0) is 46.1. The van der Waals surface area contributed by atoms with Crippen LogP contribution >= 0.6 is 0 Å². The zero-order valence-electron chi connectivity index (χ0n) is 39.2. The minimum Gasteiger partial charge on any atom is -0.366 e. The summed E-state index contributed by atoms with van der Waals surface area (Å²) < 4.78 is 37.2. The van der Waals surface area contributed by atoms with Crippen LogP contribution in [0.15, 0.2) is 97.6 Å². The molecule has 12 rings (SSSR count). The second-order valence-corrected chi connectivity index (χ2v) is 20.4. The lowest BCUT2D eigenvalue weighted by molar-refractivity contribution is -0.799. The van der Waals surface area contributed by atoms with E-state index in [1.807, 2.05) is 46.1 Å². The normalized spacial score (nSPS) is 25.9. The molecular weight excluding hydrogens is 859 g/mol. The molecule has 6 fully saturated rings. The van der Waals surface area contributed by atoms with Gasteiger partial charge in [0.1, 0.15) is 23.3 Å². The van der Waals surface area contributed by atoms with E-state index in [0.29, 0.717) is 38.5 Å². The number of carbonyl (C=O) groups is 2. The molecule has 12 nitrogen and oxygen atoms in total. The Labute approximate surface area is 397 Å². The molecule has 1 N–H and O–H groups in total. The number of halogens is 2. The summed E-state index contributed by atoms with van der Waals surface area (Å²) in [6.07, 6.45) is 12.6. The Morgan fingerprint density at radius 1 is 0.750 bits per heavy atom. The van der Waals surface area contributed by atoms with Crippen molar-refractivity contribution >= 4 is 34.2 Å². The van der Waals surface area contributed by atoms with Gasteiger partial charge in [-0.05, 0) is 85.6 Å². The van der Waals surface area contributed by atoms with Gasteiger partial charge in [0.25, 0.3) is 0 Å². The number of likely N-dealkylation sites (N-methyl/N-ethyl adjacent to an activating group) is 1. The van der Waals surface area contributed by atoms with E-state index in [9.17, 15) is 9.59 Å². The number of likely N-dealkylation sites (tertiary alicyclic amines) is 1. The maximum absolute atomic E-state index is 15.7. The number of nitrogens with one attached hydrogen (secondary N) is 1. The number of amides is 2. The Hall–Kier alpha value is -5.86. The second kappa shape index (κ2) is 17.6. The summed E-state index contributed by atoms with van der Waals surface area (Å²) in [5.41, 5.74) is 8.97. The number of anilines is 2. The number of fused-ring (bicyclic) bond motifs is 2. The molecule has 0 spiro atoms. The number of carbonyl (C=O) groups excluding carboxylic acids is 2. The molecule has 8 heterocycles. The molecule has 5 atom stereocenters. The number of aromatic nitrogens is 4. The van der Waals surface area contributed by atoms with Gasteiger partial charge in [-0.1, -0.05) is 55.5 Å². The molecule has 68 heavy (non-hydrogen) atoms. The fourth-order valence-electron chi connectivity index (χ4n) is 11.9. The predicted molar refractivity (Wildman–Crippen MR) is 260 cm³/mol. The monoisotopic (exact) mass is 922 g/mol. The number of rotatable bonds is 10. The molecule has 2 amide bonds. The van der Waals surface area contributed by atoms with Gasteiger partial charge >= 0.3 is 0 Å². The van der Waals surface area contributed by atoms with E-state index in [2.05, 4.69) is 107 Å². The molecule has 4 saturated heterocycles. The lowest BCUT2D eigenvalue weighted by atomic mass is 9.78. The van der Waals surface area contributed by atoms with Crippen LogP contribution in [0.1, 0.15) is 68.5 Å². The van der Waals surface area contributed by atoms with Gasteiger partial charge in [-0.25, -0.2) is 13.3 Å². The summed E-state index contributed by atoms with van der Waals surface area (Å²) in [7, 11) is 0. The molecule has 2 aromatic carbocycles. The summed E-state index contributed by atoms with van der Waals surface area (Å²) >= 11 is 0.